The minimum absolute atomic E-state index is 0.00576. The maximum absolute atomic E-state index is 12.8. The molecule has 0 fully saturated rings. The fraction of sp³-hybridized carbons (Fsp3) is 0.462. The number of rotatable bonds is 5. The topological polar surface area (TPSA) is 29.1 Å². The Kier molecular flexibility index (Phi) is 6.51. The molecule has 1 unspecified atom stereocenters. The molecule has 1 amide bonds. The molecule has 0 aliphatic heterocycles. The van der Waals surface area contributed by atoms with Gasteiger partial charge in [0.15, 0.2) is 0 Å². The summed E-state index contributed by atoms with van der Waals surface area (Å²) in [6.07, 6.45) is -2.84. The molecule has 0 heterocycles. The van der Waals surface area contributed by atoms with E-state index in [1.807, 2.05) is 6.92 Å². The van der Waals surface area contributed by atoms with Crippen molar-refractivity contribution >= 4 is 37.8 Å². The third-order valence-corrected chi connectivity index (χ3v) is 3.93. The molecule has 2 nitrogen and oxygen atoms in total. The average molecular weight is 417 g/mol. The Morgan fingerprint density at radius 2 is 2.05 bits per heavy atom. The number of carbonyl (C=O) groups is 1. The van der Waals surface area contributed by atoms with E-state index in [1.54, 1.807) is 0 Å². The van der Waals surface area contributed by atoms with Gasteiger partial charge in [-0.2, -0.15) is 13.2 Å². The van der Waals surface area contributed by atoms with Crippen LogP contribution in [0.3, 0.4) is 0 Å². The Morgan fingerprint density at radius 1 is 1.40 bits per heavy atom. The molecule has 0 radical (unpaired) electrons. The average Bonchev–Trinajstić information content (AvgIpc) is 2.35. The Labute approximate surface area is 132 Å². The summed E-state index contributed by atoms with van der Waals surface area (Å²) in [7, 11) is 0. The van der Waals surface area contributed by atoms with Crippen molar-refractivity contribution in [3.8, 4) is 0 Å². The standard InChI is InChI=1S/C13H14Br2F3NO/c1-8(3-2-6-14)19-12(20)9-4-5-11(15)10(7-9)13(16,17)18/h4-5,7-8H,2-3,6H2,1H3,(H,19,20). The van der Waals surface area contributed by atoms with Crippen LogP contribution >= 0.6 is 31.9 Å². The predicted octanol–water partition coefficient (Wildman–Crippen LogP) is 4.76. The summed E-state index contributed by atoms with van der Waals surface area (Å²) in [5.74, 6) is -0.495. The first kappa shape index (κ1) is 17.5. The minimum atomic E-state index is -4.49. The van der Waals surface area contributed by atoms with E-state index in [4.69, 9.17) is 0 Å². The highest BCUT2D eigenvalue weighted by atomic mass is 79.9. The van der Waals surface area contributed by atoms with Crippen LogP contribution in [0.25, 0.3) is 0 Å². The molecule has 7 heteroatoms. The largest absolute Gasteiger partial charge is 0.417 e. The predicted molar refractivity (Wildman–Crippen MR) is 79.1 cm³/mol. The monoisotopic (exact) mass is 415 g/mol. The van der Waals surface area contributed by atoms with Crippen molar-refractivity contribution in [2.75, 3.05) is 5.33 Å². The molecule has 0 spiro atoms. The normalized spacial score (nSPS) is 13.1. The number of alkyl halides is 4. The van der Waals surface area contributed by atoms with E-state index in [0.29, 0.717) is 0 Å². The number of carbonyl (C=O) groups excluding carboxylic acids is 1. The van der Waals surface area contributed by atoms with Crippen LogP contribution < -0.4 is 5.32 Å². The zero-order valence-electron chi connectivity index (χ0n) is 10.7. The number of benzene rings is 1. The highest BCUT2D eigenvalue weighted by Gasteiger charge is 2.33. The summed E-state index contributed by atoms with van der Waals surface area (Å²) >= 11 is 6.13. The van der Waals surface area contributed by atoms with Crippen LogP contribution in [0.5, 0.6) is 0 Å². The third-order valence-electron chi connectivity index (χ3n) is 2.68. The second-order valence-corrected chi connectivity index (χ2v) is 6.05. The maximum Gasteiger partial charge on any atom is 0.417 e. The molecule has 0 bridgehead atoms. The van der Waals surface area contributed by atoms with E-state index in [0.717, 1.165) is 24.2 Å². The van der Waals surface area contributed by atoms with E-state index in [9.17, 15) is 18.0 Å². The first-order chi connectivity index (χ1) is 9.25. The smallest absolute Gasteiger partial charge is 0.350 e. The van der Waals surface area contributed by atoms with Crippen molar-refractivity contribution in [3.05, 3.63) is 33.8 Å². The van der Waals surface area contributed by atoms with Crippen molar-refractivity contribution in [2.45, 2.75) is 32.0 Å². The van der Waals surface area contributed by atoms with Gasteiger partial charge in [0.2, 0.25) is 0 Å². The zero-order chi connectivity index (χ0) is 15.3. The fourth-order valence-corrected chi connectivity index (χ4v) is 2.44. The van der Waals surface area contributed by atoms with Crippen molar-refractivity contribution in [2.24, 2.45) is 0 Å². The SMILES string of the molecule is CC(CCCBr)NC(=O)c1ccc(Br)c(C(F)(F)F)c1. The van der Waals surface area contributed by atoms with Gasteiger partial charge < -0.3 is 5.32 Å². The lowest BCUT2D eigenvalue weighted by Crippen LogP contribution is -2.32. The number of hydrogen-bond donors (Lipinski definition) is 1. The Bertz CT molecular complexity index is 477. The fourth-order valence-electron chi connectivity index (χ4n) is 1.65. The third kappa shape index (κ3) is 5.09. The molecule has 1 rings (SSSR count). The number of hydrogen-bond acceptors (Lipinski definition) is 1. The lowest BCUT2D eigenvalue weighted by molar-refractivity contribution is -0.138. The van der Waals surface area contributed by atoms with Gasteiger partial charge in [-0.1, -0.05) is 31.9 Å². The van der Waals surface area contributed by atoms with Crippen molar-refractivity contribution < 1.29 is 18.0 Å². The molecule has 112 valence electrons. The van der Waals surface area contributed by atoms with Crippen LogP contribution in [-0.4, -0.2) is 17.3 Å². The van der Waals surface area contributed by atoms with Crippen molar-refractivity contribution in [1.82, 2.24) is 5.32 Å². The van der Waals surface area contributed by atoms with Crippen LogP contribution in [0.4, 0.5) is 13.2 Å². The number of halogens is 5. The van der Waals surface area contributed by atoms with Crippen LogP contribution in [0.15, 0.2) is 22.7 Å². The summed E-state index contributed by atoms with van der Waals surface area (Å²) in [6, 6.07) is 3.38. The van der Waals surface area contributed by atoms with E-state index < -0.39 is 17.6 Å². The van der Waals surface area contributed by atoms with E-state index in [1.165, 1.54) is 12.1 Å². The van der Waals surface area contributed by atoms with Gasteiger partial charge in [-0.25, -0.2) is 0 Å². The highest BCUT2D eigenvalue weighted by Crippen LogP contribution is 2.35. The van der Waals surface area contributed by atoms with Crippen LogP contribution in [0.2, 0.25) is 0 Å². The first-order valence-corrected chi connectivity index (χ1v) is 7.90. The molecule has 0 aromatic heterocycles. The Balaban J connectivity index is 2.84. The van der Waals surface area contributed by atoms with E-state index in [-0.39, 0.29) is 16.1 Å². The van der Waals surface area contributed by atoms with Gasteiger partial charge in [-0.15, -0.1) is 0 Å². The summed E-state index contributed by atoms with van der Waals surface area (Å²) in [5.41, 5.74) is -0.843. The molecule has 1 atom stereocenters. The molecule has 0 saturated heterocycles. The molecule has 20 heavy (non-hydrogen) atoms. The van der Waals surface area contributed by atoms with Gasteiger partial charge in [-0.3, -0.25) is 4.79 Å². The summed E-state index contributed by atoms with van der Waals surface area (Å²) < 4.78 is 38.2. The summed E-state index contributed by atoms with van der Waals surface area (Å²) in [4.78, 5) is 11.9. The second kappa shape index (κ2) is 7.45. The second-order valence-electron chi connectivity index (χ2n) is 4.40. The molecule has 1 aromatic carbocycles. The lowest BCUT2D eigenvalue weighted by Gasteiger charge is -2.15. The van der Waals surface area contributed by atoms with Crippen molar-refractivity contribution in [3.63, 3.8) is 0 Å². The van der Waals surface area contributed by atoms with Crippen LogP contribution in [0.1, 0.15) is 35.7 Å². The lowest BCUT2D eigenvalue weighted by atomic mass is 10.1. The Morgan fingerprint density at radius 3 is 2.60 bits per heavy atom. The van der Waals surface area contributed by atoms with Crippen LogP contribution in [-0.2, 0) is 6.18 Å². The summed E-state index contributed by atoms with van der Waals surface area (Å²) in [5, 5.41) is 3.51. The molecule has 0 saturated carbocycles. The van der Waals surface area contributed by atoms with E-state index >= 15 is 0 Å². The molecule has 0 aliphatic rings. The molecule has 1 N–H and O–H groups in total. The van der Waals surface area contributed by atoms with Gasteiger partial charge in [-0.05, 0) is 38.0 Å². The quantitative estimate of drug-likeness (QED) is 0.688. The minimum Gasteiger partial charge on any atom is -0.350 e. The molecular weight excluding hydrogens is 403 g/mol. The molecule has 1 aromatic rings. The van der Waals surface area contributed by atoms with Crippen molar-refractivity contribution in [1.29, 1.82) is 0 Å². The van der Waals surface area contributed by atoms with Gasteiger partial charge >= 0.3 is 6.18 Å². The summed E-state index contributed by atoms with van der Waals surface area (Å²) in [6.45, 7) is 1.82. The van der Waals surface area contributed by atoms with Crippen LogP contribution in [0, 0.1) is 0 Å². The number of nitrogens with one attached hydrogen (secondary N) is 1. The Hall–Kier alpha value is -0.560. The number of amides is 1. The molecular formula is C13H14Br2F3NO. The maximum atomic E-state index is 12.8. The highest BCUT2D eigenvalue weighted by molar-refractivity contribution is 9.10. The zero-order valence-corrected chi connectivity index (χ0v) is 13.9. The first-order valence-electron chi connectivity index (χ1n) is 5.99. The van der Waals surface area contributed by atoms with Gasteiger partial charge in [0.25, 0.3) is 5.91 Å². The molecule has 0 aliphatic carbocycles. The van der Waals surface area contributed by atoms with Gasteiger partial charge in [0, 0.05) is 21.4 Å². The van der Waals surface area contributed by atoms with Gasteiger partial charge in [0.05, 0.1) is 5.56 Å². The van der Waals surface area contributed by atoms with Gasteiger partial charge in [0.1, 0.15) is 0 Å². The van der Waals surface area contributed by atoms with E-state index in [2.05, 4.69) is 37.2 Å².